The summed E-state index contributed by atoms with van der Waals surface area (Å²) in [5, 5.41) is 8.13. The predicted octanol–water partition coefficient (Wildman–Crippen LogP) is 3.08. The lowest BCUT2D eigenvalue weighted by Gasteiger charge is -2.07. The maximum atomic E-state index is 11.8. The first-order chi connectivity index (χ1) is 11.6. The zero-order chi connectivity index (χ0) is 17.1. The molecule has 0 spiro atoms. The molecule has 1 N–H and O–H groups in total. The van der Waals surface area contributed by atoms with Gasteiger partial charge in [-0.3, -0.25) is 4.57 Å². The molecule has 0 radical (unpaired) electrons. The summed E-state index contributed by atoms with van der Waals surface area (Å²) in [5.74, 6) is 0.543. The van der Waals surface area contributed by atoms with E-state index in [9.17, 15) is 9.59 Å². The number of aryl methyl sites for hydroxylation is 1. The van der Waals surface area contributed by atoms with Crippen LogP contribution in [0.25, 0.3) is 11.0 Å². The lowest BCUT2D eigenvalue weighted by Crippen LogP contribution is -2.17. The first-order valence-electron chi connectivity index (χ1n) is 7.90. The molecule has 3 rings (SSSR count). The van der Waals surface area contributed by atoms with Crippen LogP contribution in [0.1, 0.15) is 30.9 Å². The second-order valence-electron chi connectivity index (χ2n) is 5.70. The number of fused-ring (bicyclic) bond motifs is 1. The quantitative estimate of drug-likeness (QED) is 0.548. The van der Waals surface area contributed by atoms with Crippen molar-refractivity contribution >= 4 is 22.7 Å². The molecule has 2 heterocycles. The number of benzene rings is 1. The SMILES string of the molecule is CCCCn1c(SCc2cc(=O)oc3cc(C)ccc23)n[nH]c1=O. The number of hydrogen-bond acceptors (Lipinski definition) is 5. The molecule has 0 fully saturated rings. The Morgan fingerprint density at radius 2 is 2.12 bits per heavy atom. The number of thioether (sulfide) groups is 1. The Bertz CT molecular complexity index is 971. The standard InChI is InChI=1S/C17H19N3O3S/c1-3-4-7-20-16(22)18-19-17(20)24-10-12-9-15(21)23-14-8-11(2)5-6-13(12)14/h5-6,8-9H,3-4,7,10H2,1-2H3,(H,18,22). The summed E-state index contributed by atoms with van der Waals surface area (Å²) in [6.07, 6.45) is 1.93. The summed E-state index contributed by atoms with van der Waals surface area (Å²) in [5.41, 5.74) is 1.94. The molecule has 0 saturated carbocycles. The van der Waals surface area contributed by atoms with Crippen LogP contribution in [0.2, 0.25) is 0 Å². The van der Waals surface area contributed by atoms with Gasteiger partial charge in [0.1, 0.15) is 5.58 Å². The van der Waals surface area contributed by atoms with Crippen LogP contribution < -0.4 is 11.3 Å². The van der Waals surface area contributed by atoms with Crippen LogP contribution in [0.4, 0.5) is 0 Å². The monoisotopic (exact) mass is 345 g/mol. The van der Waals surface area contributed by atoms with Crippen molar-refractivity contribution in [1.82, 2.24) is 14.8 Å². The molecule has 0 amide bonds. The van der Waals surface area contributed by atoms with E-state index in [0.29, 0.717) is 23.0 Å². The third-order valence-corrected chi connectivity index (χ3v) is 4.83. The molecule has 0 aliphatic heterocycles. The summed E-state index contributed by atoms with van der Waals surface area (Å²) in [6, 6.07) is 7.31. The van der Waals surface area contributed by atoms with Crippen LogP contribution in [-0.2, 0) is 12.3 Å². The molecule has 0 unspecified atom stereocenters. The minimum Gasteiger partial charge on any atom is -0.423 e. The van der Waals surface area contributed by atoms with E-state index in [4.69, 9.17) is 4.42 Å². The largest absolute Gasteiger partial charge is 0.423 e. The zero-order valence-electron chi connectivity index (χ0n) is 13.7. The maximum absolute atomic E-state index is 11.8. The van der Waals surface area contributed by atoms with Gasteiger partial charge in [0.25, 0.3) is 0 Å². The van der Waals surface area contributed by atoms with Crippen LogP contribution in [0.3, 0.4) is 0 Å². The molecule has 3 aromatic rings. The third kappa shape index (κ3) is 3.46. The molecule has 1 aromatic carbocycles. The summed E-state index contributed by atoms with van der Waals surface area (Å²) < 4.78 is 6.92. The Balaban J connectivity index is 1.89. The molecular weight excluding hydrogens is 326 g/mol. The fraction of sp³-hybridized carbons (Fsp3) is 0.353. The normalized spacial score (nSPS) is 11.2. The third-order valence-electron chi connectivity index (χ3n) is 3.80. The van der Waals surface area contributed by atoms with Crippen molar-refractivity contribution < 1.29 is 4.42 Å². The molecule has 0 saturated heterocycles. The van der Waals surface area contributed by atoms with Crippen LogP contribution in [0.5, 0.6) is 0 Å². The predicted molar refractivity (Wildman–Crippen MR) is 94.5 cm³/mol. The summed E-state index contributed by atoms with van der Waals surface area (Å²) in [4.78, 5) is 23.6. The molecule has 0 bridgehead atoms. The summed E-state index contributed by atoms with van der Waals surface area (Å²) in [6.45, 7) is 4.68. The lowest BCUT2D eigenvalue weighted by atomic mass is 10.1. The van der Waals surface area contributed by atoms with Gasteiger partial charge in [0.2, 0.25) is 0 Å². The van der Waals surface area contributed by atoms with Crippen molar-refractivity contribution in [2.24, 2.45) is 0 Å². The first-order valence-corrected chi connectivity index (χ1v) is 8.88. The van der Waals surface area contributed by atoms with Gasteiger partial charge >= 0.3 is 11.3 Å². The average Bonchev–Trinajstić information content (AvgIpc) is 2.90. The van der Waals surface area contributed by atoms with E-state index < -0.39 is 0 Å². The highest BCUT2D eigenvalue weighted by atomic mass is 32.2. The number of H-pyrrole nitrogens is 1. The number of aromatic nitrogens is 3. The number of hydrogen-bond donors (Lipinski definition) is 1. The highest BCUT2D eigenvalue weighted by molar-refractivity contribution is 7.98. The van der Waals surface area contributed by atoms with Gasteiger partial charge in [0.15, 0.2) is 5.16 Å². The molecule has 6 nitrogen and oxygen atoms in total. The average molecular weight is 345 g/mol. The van der Waals surface area contributed by atoms with Gasteiger partial charge in [-0.15, -0.1) is 5.10 Å². The van der Waals surface area contributed by atoms with Gasteiger partial charge in [-0.1, -0.05) is 37.2 Å². The van der Waals surface area contributed by atoms with Crippen LogP contribution in [-0.4, -0.2) is 14.8 Å². The number of unbranched alkanes of at least 4 members (excludes halogenated alkanes) is 1. The number of aromatic amines is 1. The Morgan fingerprint density at radius 3 is 2.92 bits per heavy atom. The van der Waals surface area contributed by atoms with E-state index in [0.717, 1.165) is 29.4 Å². The van der Waals surface area contributed by atoms with E-state index in [1.807, 2.05) is 25.1 Å². The number of nitrogens with zero attached hydrogens (tertiary/aromatic N) is 2. The Labute approximate surface area is 142 Å². The minimum atomic E-state index is -0.367. The number of rotatable bonds is 6. The lowest BCUT2D eigenvalue weighted by molar-refractivity contribution is 0.559. The van der Waals surface area contributed by atoms with Gasteiger partial charge in [-0.05, 0) is 30.5 Å². The van der Waals surface area contributed by atoms with E-state index in [-0.39, 0.29) is 11.3 Å². The fourth-order valence-electron chi connectivity index (χ4n) is 2.53. The molecule has 0 aliphatic rings. The van der Waals surface area contributed by atoms with Gasteiger partial charge in [0.05, 0.1) is 0 Å². The van der Waals surface area contributed by atoms with Gasteiger partial charge in [-0.2, -0.15) is 0 Å². The van der Waals surface area contributed by atoms with Crippen molar-refractivity contribution in [2.75, 3.05) is 0 Å². The van der Waals surface area contributed by atoms with Crippen molar-refractivity contribution in [3.05, 3.63) is 56.3 Å². The summed E-state index contributed by atoms with van der Waals surface area (Å²) in [7, 11) is 0. The second kappa shape index (κ2) is 7.09. The molecule has 7 heteroatoms. The van der Waals surface area contributed by atoms with E-state index in [1.165, 1.54) is 17.8 Å². The molecular formula is C17H19N3O3S. The van der Waals surface area contributed by atoms with Crippen molar-refractivity contribution in [2.45, 2.75) is 44.1 Å². The number of nitrogens with one attached hydrogen (secondary N) is 1. The zero-order valence-corrected chi connectivity index (χ0v) is 14.5. The smallest absolute Gasteiger partial charge is 0.343 e. The van der Waals surface area contributed by atoms with Crippen molar-refractivity contribution in [1.29, 1.82) is 0 Å². The Hall–Kier alpha value is -2.28. The van der Waals surface area contributed by atoms with E-state index in [2.05, 4.69) is 17.1 Å². The van der Waals surface area contributed by atoms with Crippen molar-refractivity contribution in [3.63, 3.8) is 0 Å². The summed E-state index contributed by atoms with van der Waals surface area (Å²) >= 11 is 1.44. The van der Waals surface area contributed by atoms with Gasteiger partial charge in [0, 0.05) is 23.8 Å². The Kier molecular flexibility index (Phi) is 4.89. The maximum Gasteiger partial charge on any atom is 0.343 e. The topological polar surface area (TPSA) is 80.9 Å². The van der Waals surface area contributed by atoms with Crippen LogP contribution in [0.15, 0.2) is 43.4 Å². The molecule has 2 aromatic heterocycles. The molecule has 126 valence electrons. The first kappa shape index (κ1) is 16.6. The Morgan fingerprint density at radius 1 is 1.29 bits per heavy atom. The van der Waals surface area contributed by atoms with Crippen molar-refractivity contribution in [3.8, 4) is 0 Å². The molecule has 0 atom stereocenters. The molecule has 24 heavy (non-hydrogen) atoms. The van der Waals surface area contributed by atoms with Crippen LogP contribution in [0, 0.1) is 6.92 Å². The molecule has 0 aliphatic carbocycles. The highest BCUT2D eigenvalue weighted by Gasteiger charge is 2.11. The second-order valence-corrected chi connectivity index (χ2v) is 6.64. The van der Waals surface area contributed by atoms with Gasteiger partial charge in [-0.25, -0.2) is 14.7 Å². The highest BCUT2D eigenvalue weighted by Crippen LogP contribution is 2.25. The minimum absolute atomic E-state index is 0.195. The van der Waals surface area contributed by atoms with Crippen LogP contribution >= 0.6 is 11.8 Å². The van der Waals surface area contributed by atoms with E-state index in [1.54, 1.807) is 4.57 Å². The van der Waals surface area contributed by atoms with Gasteiger partial charge < -0.3 is 4.42 Å². The fourth-order valence-corrected chi connectivity index (χ4v) is 3.49. The van der Waals surface area contributed by atoms with E-state index >= 15 is 0 Å².